The van der Waals surface area contributed by atoms with Gasteiger partial charge in [0, 0.05) is 18.8 Å². The number of hydrogen-bond acceptors (Lipinski definition) is 3. The fraction of sp³-hybridized carbons (Fsp3) is 0.500. The minimum Gasteiger partial charge on any atom is -0.365 e. The molecule has 1 atom stereocenters. The molecule has 1 aromatic carbocycles. The highest BCUT2D eigenvalue weighted by molar-refractivity contribution is 5.97. The van der Waals surface area contributed by atoms with E-state index in [-0.39, 0.29) is 17.8 Å². The molecule has 21 heavy (non-hydrogen) atoms. The topological polar surface area (TPSA) is 64.4 Å². The van der Waals surface area contributed by atoms with Gasteiger partial charge in [0.2, 0.25) is 0 Å². The predicted molar refractivity (Wildman–Crippen MR) is 71.6 cm³/mol. The van der Waals surface area contributed by atoms with Crippen molar-refractivity contribution in [1.82, 2.24) is 0 Å². The van der Waals surface area contributed by atoms with Crippen molar-refractivity contribution < 1.29 is 22.7 Å². The number of alkyl halides is 3. The average molecular weight is 302 g/mol. The maximum Gasteiger partial charge on any atom is 0.416 e. The van der Waals surface area contributed by atoms with Crippen LogP contribution in [0.25, 0.3) is 0 Å². The van der Waals surface area contributed by atoms with Crippen LogP contribution in [0.5, 0.6) is 0 Å². The lowest BCUT2D eigenvalue weighted by molar-refractivity contribution is -0.138. The minimum atomic E-state index is -4.51. The maximum atomic E-state index is 12.9. The number of nitrogens with two attached hydrogens (primary N) is 1. The Bertz CT molecular complexity index is 538. The summed E-state index contributed by atoms with van der Waals surface area (Å²) in [6, 6.07) is 3.59. The van der Waals surface area contributed by atoms with Crippen LogP contribution >= 0.6 is 0 Å². The SMILES string of the molecule is CC1(C(=O)Nc2ccc(CN)c(C(F)(F)F)c2)CCCO1. The summed E-state index contributed by atoms with van der Waals surface area (Å²) in [4.78, 5) is 12.1. The van der Waals surface area contributed by atoms with E-state index in [1.807, 2.05) is 0 Å². The molecule has 1 amide bonds. The third-order valence-electron chi connectivity index (χ3n) is 3.59. The van der Waals surface area contributed by atoms with Gasteiger partial charge in [-0.05, 0) is 37.5 Å². The molecule has 7 heteroatoms. The first-order chi connectivity index (χ1) is 9.76. The number of carbonyl (C=O) groups excluding carboxylic acids is 1. The monoisotopic (exact) mass is 302 g/mol. The molecule has 0 saturated carbocycles. The number of amides is 1. The maximum absolute atomic E-state index is 12.9. The summed E-state index contributed by atoms with van der Waals surface area (Å²) in [5.74, 6) is -0.436. The third kappa shape index (κ3) is 3.36. The van der Waals surface area contributed by atoms with Crippen LogP contribution in [-0.4, -0.2) is 18.1 Å². The Morgan fingerprint density at radius 2 is 2.19 bits per heavy atom. The molecule has 0 aromatic heterocycles. The van der Waals surface area contributed by atoms with E-state index < -0.39 is 23.2 Å². The Balaban J connectivity index is 2.23. The molecule has 4 nitrogen and oxygen atoms in total. The number of halogens is 3. The van der Waals surface area contributed by atoms with Crippen molar-refractivity contribution in [2.75, 3.05) is 11.9 Å². The van der Waals surface area contributed by atoms with Crippen LogP contribution < -0.4 is 11.1 Å². The van der Waals surface area contributed by atoms with Crippen molar-refractivity contribution in [2.45, 2.75) is 38.1 Å². The second kappa shape index (κ2) is 5.65. The highest BCUT2D eigenvalue weighted by Crippen LogP contribution is 2.34. The van der Waals surface area contributed by atoms with E-state index in [1.165, 1.54) is 12.1 Å². The molecular weight excluding hydrogens is 285 g/mol. The van der Waals surface area contributed by atoms with E-state index in [0.717, 1.165) is 12.5 Å². The van der Waals surface area contributed by atoms with Gasteiger partial charge in [0.25, 0.3) is 5.91 Å². The van der Waals surface area contributed by atoms with Crippen LogP contribution in [-0.2, 0) is 22.3 Å². The van der Waals surface area contributed by atoms with E-state index in [4.69, 9.17) is 10.5 Å². The molecule has 1 saturated heterocycles. The number of carbonyl (C=O) groups is 1. The van der Waals surface area contributed by atoms with Gasteiger partial charge in [-0.3, -0.25) is 4.79 Å². The first kappa shape index (κ1) is 15.8. The van der Waals surface area contributed by atoms with Crippen LogP contribution in [0, 0.1) is 0 Å². The van der Waals surface area contributed by atoms with Gasteiger partial charge >= 0.3 is 6.18 Å². The van der Waals surface area contributed by atoms with Crippen molar-refractivity contribution in [3.63, 3.8) is 0 Å². The standard InChI is InChI=1S/C14H17F3N2O2/c1-13(5-2-6-21-13)12(20)19-10-4-3-9(8-18)11(7-10)14(15,16)17/h3-4,7H,2,5-6,8,18H2,1H3,(H,19,20). The van der Waals surface area contributed by atoms with Crippen molar-refractivity contribution in [3.8, 4) is 0 Å². The van der Waals surface area contributed by atoms with Crippen LogP contribution in [0.15, 0.2) is 18.2 Å². The van der Waals surface area contributed by atoms with Gasteiger partial charge in [0.15, 0.2) is 0 Å². The lowest BCUT2D eigenvalue weighted by Gasteiger charge is -2.22. The lowest BCUT2D eigenvalue weighted by atomic mass is 10.0. The first-order valence-electron chi connectivity index (χ1n) is 6.62. The number of rotatable bonds is 3. The summed E-state index contributed by atoms with van der Waals surface area (Å²) < 4.78 is 44.2. The number of nitrogens with one attached hydrogen (secondary N) is 1. The Morgan fingerprint density at radius 1 is 1.48 bits per heavy atom. The fourth-order valence-corrected chi connectivity index (χ4v) is 2.32. The normalized spacial score (nSPS) is 22.3. The molecule has 0 radical (unpaired) electrons. The van der Waals surface area contributed by atoms with Gasteiger partial charge in [-0.15, -0.1) is 0 Å². The Kier molecular flexibility index (Phi) is 4.25. The quantitative estimate of drug-likeness (QED) is 0.902. The smallest absolute Gasteiger partial charge is 0.365 e. The highest BCUT2D eigenvalue weighted by atomic mass is 19.4. The molecule has 1 heterocycles. The zero-order valence-corrected chi connectivity index (χ0v) is 11.6. The van der Waals surface area contributed by atoms with Crippen LogP contribution in [0.2, 0.25) is 0 Å². The lowest BCUT2D eigenvalue weighted by Crippen LogP contribution is -2.39. The van der Waals surface area contributed by atoms with Gasteiger partial charge < -0.3 is 15.8 Å². The van der Waals surface area contributed by atoms with Crippen molar-refractivity contribution in [1.29, 1.82) is 0 Å². The summed E-state index contributed by atoms with van der Waals surface area (Å²) in [6.45, 7) is 1.89. The fourth-order valence-electron chi connectivity index (χ4n) is 2.32. The zero-order chi connectivity index (χ0) is 15.7. The average Bonchev–Trinajstić information content (AvgIpc) is 2.86. The number of hydrogen-bond donors (Lipinski definition) is 2. The molecule has 1 fully saturated rings. The van der Waals surface area contributed by atoms with E-state index >= 15 is 0 Å². The van der Waals surface area contributed by atoms with E-state index in [9.17, 15) is 18.0 Å². The summed E-state index contributed by atoms with van der Waals surface area (Å²) >= 11 is 0. The molecule has 0 bridgehead atoms. The molecule has 0 aliphatic carbocycles. The Hall–Kier alpha value is -1.60. The molecule has 1 aliphatic heterocycles. The zero-order valence-electron chi connectivity index (χ0n) is 11.6. The summed E-state index contributed by atoms with van der Waals surface area (Å²) in [5.41, 5.74) is 3.57. The number of anilines is 1. The Labute approximate surface area is 120 Å². The number of benzene rings is 1. The minimum absolute atomic E-state index is 0.0103. The van der Waals surface area contributed by atoms with Crippen LogP contribution in [0.3, 0.4) is 0 Å². The van der Waals surface area contributed by atoms with Crippen molar-refractivity contribution in [2.24, 2.45) is 5.73 Å². The van der Waals surface area contributed by atoms with Gasteiger partial charge in [-0.2, -0.15) is 13.2 Å². The molecule has 1 aliphatic rings. The third-order valence-corrected chi connectivity index (χ3v) is 3.59. The van der Waals surface area contributed by atoms with E-state index in [2.05, 4.69) is 5.32 Å². The highest BCUT2D eigenvalue weighted by Gasteiger charge is 2.38. The van der Waals surface area contributed by atoms with Crippen LogP contribution in [0.4, 0.5) is 18.9 Å². The van der Waals surface area contributed by atoms with Gasteiger partial charge in [0.05, 0.1) is 5.56 Å². The molecule has 0 spiro atoms. The van der Waals surface area contributed by atoms with E-state index in [1.54, 1.807) is 6.92 Å². The second-order valence-corrected chi connectivity index (χ2v) is 5.21. The summed E-state index contributed by atoms with van der Waals surface area (Å²) in [7, 11) is 0. The largest absolute Gasteiger partial charge is 0.416 e. The van der Waals surface area contributed by atoms with Gasteiger partial charge in [-0.25, -0.2) is 0 Å². The van der Waals surface area contributed by atoms with E-state index in [0.29, 0.717) is 13.0 Å². The molecule has 1 unspecified atom stereocenters. The first-order valence-corrected chi connectivity index (χ1v) is 6.62. The van der Waals surface area contributed by atoms with Crippen molar-refractivity contribution in [3.05, 3.63) is 29.3 Å². The predicted octanol–water partition coefficient (Wildman–Crippen LogP) is 2.67. The Morgan fingerprint density at radius 3 is 2.71 bits per heavy atom. The molecule has 2 rings (SSSR count). The summed E-state index contributed by atoms with van der Waals surface area (Å²) in [5, 5.41) is 2.48. The molecule has 1 aromatic rings. The second-order valence-electron chi connectivity index (χ2n) is 5.21. The van der Waals surface area contributed by atoms with Gasteiger partial charge in [0.1, 0.15) is 5.60 Å². The van der Waals surface area contributed by atoms with Gasteiger partial charge in [-0.1, -0.05) is 6.07 Å². The summed E-state index contributed by atoms with van der Waals surface area (Å²) in [6.07, 6.45) is -3.21. The molecule has 3 N–H and O–H groups in total. The van der Waals surface area contributed by atoms with Crippen LogP contribution in [0.1, 0.15) is 30.9 Å². The molecule has 116 valence electrons. The number of ether oxygens (including phenoxy) is 1. The van der Waals surface area contributed by atoms with Crippen molar-refractivity contribution >= 4 is 11.6 Å². The molecular formula is C14H17F3N2O2.